The molecular weight excluding hydrogens is 318 g/mol. The summed E-state index contributed by atoms with van der Waals surface area (Å²) in [5.41, 5.74) is 3.90. The summed E-state index contributed by atoms with van der Waals surface area (Å²) in [5.74, 6) is -0.0946. The zero-order valence-electron chi connectivity index (χ0n) is 15.0. The summed E-state index contributed by atoms with van der Waals surface area (Å²) in [4.78, 5) is 29.2. The Bertz CT molecular complexity index is 789. The topological polar surface area (TPSA) is 74.4 Å². The number of benzene rings is 1. The van der Waals surface area contributed by atoms with E-state index >= 15 is 0 Å². The highest BCUT2D eigenvalue weighted by molar-refractivity contribution is 5.99. The minimum Gasteiger partial charge on any atom is -0.450 e. The smallest absolute Gasteiger partial charge is 0.409 e. The van der Waals surface area contributed by atoms with Crippen LogP contribution >= 0.6 is 0 Å². The lowest BCUT2D eigenvalue weighted by atomic mass is 10.1. The van der Waals surface area contributed by atoms with Gasteiger partial charge in [0, 0.05) is 30.0 Å². The van der Waals surface area contributed by atoms with E-state index in [-0.39, 0.29) is 18.0 Å². The number of ether oxygens (including phenoxy) is 1. The van der Waals surface area contributed by atoms with Crippen molar-refractivity contribution in [2.24, 2.45) is 0 Å². The highest BCUT2D eigenvalue weighted by atomic mass is 16.6. The first-order valence-corrected chi connectivity index (χ1v) is 8.80. The molecule has 1 fully saturated rings. The van der Waals surface area contributed by atoms with Crippen LogP contribution in [-0.2, 0) is 4.74 Å². The third kappa shape index (κ3) is 3.78. The molecule has 0 saturated carbocycles. The molecule has 6 nitrogen and oxygen atoms in total. The van der Waals surface area contributed by atoms with Gasteiger partial charge in [-0.25, -0.2) is 4.79 Å². The van der Waals surface area contributed by atoms with Gasteiger partial charge in [-0.2, -0.15) is 0 Å². The molecule has 0 unspecified atom stereocenters. The molecule has 134 valence electrons. The van der Waals surface area contributed by atoms with Crippen molar-refractivity contribution in [1.82, 2.24) is 15.2 Å². The lowest BCUT2D eigenvalue weighted by Gasteiger charge is -2.31. The van der Waals surface area contributed by atoms with E-state index in [2.05, 4.69) is 29.4 Å². The first-order chi connectivity index (χ1) is 12.0. The van der Waals surface area contributed by atoms with Crippen LogP contribution < -0.4 is 5.32 Å². The van der Waals surface area contributed by atoms with Gasteiger partial charge in [0.15, 0.2) is 0 Å². The van der Waals surface area contributed by atoms with Crippen molar-refractivity contribution in [3.8, 4) is 0 Å². The van der Waals surface area contributed by atoms with E-state index < -0.39 is 0 Å². The number of rotatable bonds is 3. The van der Waals surface area contributed by atoms with Gasteiger partial charge in [-0.1, -0.05) is 6.07 Å². The Morgan fingerprint density at radius 2 is 1.96 bits per heavy atom. The highest BCUT2D eigenvalue weighted by Crippen LogP contribution is 2.22. The number of carbonyl (C=O) groups is 2. The molecule has 1 aromatic carbocycles. The molecule has 2 amide bonds. The Hall–Kier alpha value is -2.50. The van der Waals surface area contributed by atoms with Crippen LogP contribution in [-0.4, -0.2) is 47.6 Å². The van der Waals surface area contributed by atoms with Crippen molar-refractivity contribution in [2.75, 3.05) is 19.7 Å². The number of aryl methyl sites for hydroxylation is 2. The normalized spacial score (nSPS) is 15.4. The van der Waals surface area contributed by atoms with E-state index in [1.54, 1.807) is 11.8 Å². The van der Waals surface area contributed by atoms with Gasteiger partial charge in [0.25, 0.3) is 5.91 Å². The average Bonchev–Trinajstić information content (AvgIpc) is 3.00. The summed E-state index contributed by atoms with van der Waals surface area (Å²) < 4.78 is 5.02. The molecule has 6 heteroatoms. The minimum absolute atomic E-state index is 0.0763. The number of nitrogens with zero attached hydrogens (tertiary/aromatic N) is 1. The Kier molecular flexibility index (Phi) is 4.97. The van der Waals surface area contributed by atoms with Crippen molar-refractivity contribution in [3.63, 3.8) is 0 Å². The number of H-pyrrole nitrogens is 1. The molecule has 2 aromatic rings. The molecule has 1 aromatic heterocycles. The molecule has 0 atom stereocenters. The van der Waals surface area contributed by atoms with Gasteiger partial charge in [-0.15, -0.1) is 0 Å². The van der Waals surface area contributed by atoms with Gasteiger partial charge < -0.3 is 19.9 Å². The van der Waals surface area contributed by atoms with E-state index in [4.69, 9.17) is 4.74 Å². The zero-order chi connectivity index (χ0) is 18.0. The number of piperidine rings is 1. The summed E-state index contributed by atoms with van der Waals surface area (Å²) >= 11 is 0. The number of likely N-dealkylation sites (tertiary alicyclic amines) is 1. The van der Waals surface area contributed by atoms with Crippen molar-refractivity contribution in [2.45, 2.75) is 39.7 Å². The number of amides is 2. The van der Waals surface area contributed by atoms with Gasteiger partial charge in [0.05, 0.1) is 6.61 Å². The molecule has 0 spiro atoms. The van der Waals surface area contributed by atoms with E-state index in [0.29, 0.717) is 25.4 Å². The highest BCUT2D eigenvalue weighted by Gasteiger charge is 2.25. The number of aromatic nitrogens is 1. The molecule has 0 radical (unpaired) electrons. The Morgan fingerprint density at radius 3 is 2.64 bits per heavy atom. The number of carbonyl (C=O) groups excluding carboxylic acids is 2. The van der Waals surface area contributed by atoms with Crippen molar-refractivity contribution in [3.05, 3.63) is 35.0 Å². The monoisotopic (exact) mass is 343 g/mol. The Balaban J connectivity index is 1.62. The summed E-state index contributed by atoms with van der Waals surface area (Å²) in [7, 11) is 0. The van der Waals surface area contributed by atoms with Gasteiger partial charge in [-0.05, 0) is 56.9 Å². The fraction of sp³-hybridized carbons (Fsp3) is 0.474. The maximum absolute atomic E-state index is 12.5. The van der Waals surface area contributed by atoms with Gasteiger partial charge in [-0.3, -0.25) is 4.79 Å². The Morgan fingerprint density at radius 1 is 1.24 bits per heavy atom. The average molecular weight is 343 g/mol. The predicted octanol–water partition coefficient (Wildman–Crippen LogP) is 3.14. The number of fused-ring (bicyclic) bond motifs is 1. The summed E-state index contributed by atoms with van der Waals surface area (Å²) in [5, 5.41) is 4.15. The van der Waals surface area contributed by atoms with Crippen LogP contribution in [0.1, 0.15) is 41.4 Å². The maximum Gasteiger partial charge on any atom is 0.409 e. The van der Waals surface area contributed by atoms with Crippen LogP contribution in [0.5, 0.6) is 0 Å². The number of aromatic amines is 1. The lowest BCUT2D eigenvalue weighted by molar-refractivity contribution is 0.0857. The molecule has 2 heterocycles. The second-order valence-corrected chi connectivity index (χ2v) is 6.66. The second kappa shape index (κ2) is 7.17. The van der Waals surface area contributed by atoms with Gasteiger partial charge in [0.2, 0.25) is 0 Å². The van der Waals surface area contributed by atoms with Crippen LogP contribution in [0.3, 0.4) is 0 Å². The largest absolute Gasteiger partial charge is 0.450 e. The molecule has 1 saturated heterocycles. The van der Waals surface area contributed by atoms with Crippen LogP contribution in [0, 0.1) is 13.8 Å². The fourth-order valence-electron chi connectivity index (χ4n) is 3.41. The van der Waals surface area contributed by atoms with Crippen LogP contribution in [0.4, 0.5) is 4.79 Å². The van der Waals surface area contributed by atoms with Gasteiger partial charge >= 0.3 is 6.09 Å². The first-order valence-electron chi connectivity index (χ1n) is 8.80. The second-order valence-electron chi connectivity index (χ2n) is 6.66. The third-order valence-electron chi connectivity index (χ3n) is 4.69. The van der Waals surface area contributed by atoms with E-state index in [0.717, 1.165) is 29.3 Å². The third-order valence-corrected chi connectivity index (χ3v) is 4.69. The molecule has 2 N–H and O–H groups in total. The number of nitrogens with one attached hydrogen (secondary N) is 2. The Labute approximate surface area is 147 Å². The van der Waals surface area contributed by atoms with E-state index in [1.165, 1.54) is 5.56 Å². The van der Waals surface area contributed by atoms with E-state index in [9.17, 15) is 9.59 Å². The summed E-state index contributed by atoms with van der Waals surface area (Å²) in [6.45, 7) is 7.49. The van der Waals surface area contributed by atoms with Crippen molar-refractivity contribution < 1.29 is 14.3 Å². The quantitative estimate of drug-likeness (QED) is 0.899. The fourth-order valence-corrected chi connectivity index (χ4v) is 3.41. The SMILES string of the molecule is CCOC(=O)N1CCC(NC(=O)c2cc3c(C)cc(C)cc3[nH]2)CC1. The van der Waals surface area contributed by atoms with Crippen LogP contribution in [0.15, 0.2) is 18.2 Å². The first kappa shape index (κ1) is 17.3. The molecule has 1 aliphatic heterocycles. The molecule has 1 aliphatic rings. The molecule has 25 heavy (non-hydrogen) atoms. The van der Waals surface area contributed by atoms with Crippen LogP contribution in [0.25, 0.3) is 10.9 Å². The minimum atomic E-state index is -0.270. The number of hydrogen-bond donors (Lipinski definition) is 2. The maximum atomic E-state index is 12.5. The molecule has 0 bridgehead atoms. The molecule has 0 aliphatic carbocycles. The van der Waals surface area contributed by atoms with Crippen LogP contribution in [0.2, 0.25) is 0 Å². The molecule has 3 rings (SSSR count). The van der Waals surface area contributed by atoms with Crippen molar-refractivity contribution >= 4 is 22.9 Å². The zero-order valence-corrected chi connectivity index (χ0v) is 15.0. The van der Waals surface area contributed by atoms with Crippen molar-refractivity contribution in [1.29, 1.82) is 0 Å². The predicted molar refractivity (Wildman–Crippen MR) is 96.9 cm³/mol. The number of hydrogen-bond acceptors (Lipinski definition) is 3. The summed E-state index contributed by atoms with van der Waals surface area (Å²) in [6, 6.07) is 6.15. The van der Waals surface area contributed by atoms with E-state index in [1.807, 2.05) is 13.0 Å². The standard InChI is InChI=1S/C19H25N3O3/c1-4-25-19(24)22-7-5-14(6-8-22)20-18(23)17-11-15-13(3)9-12(2)10-16(15)21-17/h9-11,14,21H,4-8H2,1-3H3,(H,20,23). The lowest BCUT2D eigenvalue weighted by Crippen LogP contribution is -2.46. The summed E-state index contributed by atoms with van der Waals surface area (Å²) in [6.07, 6.45) is 1.21. The van der Waals surface area contributed by atoms with Gasteiger partial charge in [0.1, 0.15) is 5.69 Å². The molecular formula is C19H25N3O3.